The summed E-state index contributed by atoms with van der Waals surface area (Å²) in [4.78, 5) is 7.04. The zero-order valence-electron chi connectivity index (χ0n) is 14.2. The number of benzene rings is 1. The fourth-order valence-corrected chi connectivity index (χ4v) is 3.48. The molecule has 2 aliphatic rings. The quantitative estimate of drug-likeness (QED) is 0.678. The van der Waals surface area contributed by atoms with Crippen molar-refractivity contribution in [2.24, 2.45) is 0 Å². The van der Waals surface area contributed by atoms with Crippen molar-refractivity contribution in [2.45, 2.75) is 24.9 Å². The zero-order valence-corrected chi connectivity index (χ0v) is 14.2. The summed E-state index contributed by atoms with van der Waals surface area (Å²) in [5.41, 5.74) is 0.921. The number of fused-ring (bicyclic) bond motifs is 2. The predicted molar refractivity (Wildman–Crippen MR) is 93.8 cm³/mol. The molecule has 140 valence electrons. The van der Waals surface area contributed by atoms with Crippen LogP contribution < -0.4 is 14.8 Å². The van der Waals surface area contributed by atoms with Crippen molar-refractivity contribution in [3.63, 3.8) is 0 Å². The molecule has 3 aromatic rings. The molecule has 0 amide bonds. The first-order chi connectivity index (χ1) is 13.0. The molecule has 1 aliphatic carbocycles. The van der Waals surface area contributed by atoms with E-state index in [4.69, 9.17) is 9.47 Å². The van der Waals surface area contributed by atoms with Crippen molar-refractivity contribution < 1.29 is 22.6 Å². The van der Waals surface area contributed by atoms with E-state index in [9.17, 15) is 13.2 Å². The highest BCUT2D eigenvalue weighted by Crippen LogP contribution is 2.47. The molecule has 27 heavy (non-hydrogen) atoms. The van der Waals surface area contributed by atoms with E-state index >= 15 is 0 Å². The Balaban J connectivity index is 1.59. The van der Waals surface area contributed by atoms with Crippen LogP contribution in [0.25, 0.3) is 11.0 Å². The second-order valence-corrected chi connectivity index (χ2v) is 6.75. The Morgan fingerprint density at radius 3 is 2.74 bits per heavy atom. The highest BCUT2D eigenvalue weighted by molar-refractivity contribution is 5.87. The van der Waals surface area contributed by atoms with Crippen LogP contribution in [0.4, 0.5) is 24.7 Å². The number of ether oxygens (including phenoxy) is 2. The minimum atomic E-state index is -4.41. The summed E-state index contributed by atoms with van der Waals surface area (Å²) in [6.45, 7) is 0.923. The molecule has 1 aliphatic heterocycles. The van der Waals surface area contributed by atoms with Gasteiger partial charge in [0.15, 0.2) is 11.5 Å². The fourth-order valence-electron chi connectivity index (χ4n) is 3.48. The first-order valence-corrected chi connectivity index (χ1v) is 8.75. The van der Waals surface area contributed by atoms with Gasteiger partial charge in [0.25, 0.3) is 0 Å². The fraction of sp³-hybridized carbons (Fsp3) is 0.316. The predicted octanol–water partition coefficient (Wildman–Crippen LogP) is 4.97. The van der Waals surface area contributed by atoms with Gasteiger partial charge in [0.05, 0.1) is 11.3 Å². The smallest absolute Gasteiger partial charge is 0.418 e. The number of halogens is 3. The highest BCUT2D eigenvalue weighted by atomic mass is 19.4. The van der Waals surface area contributed by atoms with E-state index in [0.29, 0.717) is 41.8 Å². The number of aromatic amines is 1. The second kappa shape index (κ2) is 5.80. The van der Waals surface area contributed by atoms with E-state index in [1.807, 2.05) is 18.2 Å². The van der Waals surface area contributed by atoms with Crippen molar-refractivity contribution >= 4 is 22.5 Å². The lowest BCUT2D eigenvalue weighted by atomic mass is 10.0. The number of hydrogen-bond acceptors (Lipinski definition) is 4. The van der Waals surface area contributed by atoms with Crippen LogP contribution in [0.15, 0.2) is 30.5 Å². The van der Waals surface area contributed by atoms with Gasteiger partial charge in [-0.3, -0.25) is 0 Å². The molecule has 5 rings (SSSR count). The Morgan fingerprint density at radius 2 is 1.96 bits per heavy atom. The molecule has 1 fully saturated rings. The average Bonchev–Trinajstić information content (AvgIpc) is 3.39. The van der Waals surface area contributed by atoms with Crippen molar-refractivity contribution in [1.82, 2.24) is 9.97 Å². The number of pyridine rings is 1. The maximum atomic E-state index is 13.4. The van der Waals surface area contributed by atoms with E-state index in [1.54, 1.807) is 6.07 Å². The summed E-state index contributed by atoms with van der Waals surface area (Å²) in [5.74, 6) is 1.83. The lowest BCUT2D eigenvalue weighted by Crippen LogP contribution is -2.16. The molecule has 0 unspecified atom stereocenters. The molecule has 2 aromatic heterocycles. The van der Waals surface area contributed by atoms with Gasteiger partial charge in [-0.1, -0.05) is 6.07 Å². The van der Waals surface area contributed by atoms with Gasteiger partial charge in [0.2, 0.25) is 0 Å². The number of anilines is 2. The van der Waals surface area contributed by atoms with E-state index in [-0.39, 0.29) is 17.0 Å². The number of nitrogens with zero attached hydrogens (tertiary/aromatic N) is 1. The molecule has 8 heteroatoms. The van der Waals surface area contributed by atoms with Crippen LogP contribution in [0.2, 0.25) is 0 Å². The maximum absolute atomic E-state index is 13.4. The van der Waals surface area contributed by atoms with Gasteiger partial charge in [-0.05, 0) is 42.5 Å². The molecule has 1 aromatic carbocycles. The van der Waals surface area contributed by atoms with Gasteiger partial charge in [-0.15, -0.1) is 0 Å². The van der Waals surface area contributed by atoms with Crippen LogP contribution in [0, 0.1) is 0 Å². The van der Waals surface area contributed by atoms with Crippen molar-refractivity contribution in [2.75, 3.05) is 18.5 Å². The lowest BCUT2D eigenvalue weighted by molar-refractivity contribution is -0.136. The maximum Gasteiger partial charge on any atom is 0.418 e. The molecule has 2 N–H and O–H groups in total. The van der Waals surface area contributed by atoms with Crippen molar-refractivity contribution in [3.8, 4) is 11.5 Å². The van der Waals surface area contributed by atoms with Gasteiger partial charge >= 0.3 is 6.18 Å². The van der Waals surface area contributed by atoms with Crippen LogP contribution in [0.5, 0.6) is 11.5 Å². The van der Waals surface area contributed by atoms with E-state index < -0.39 is 11.7 Å². The van der Waals surface area contributed by atoms with Crippen LogP contribution in [0.3, 0.4) is 0 Å². The van der Waals surface area contributed by atoms with Gasteiger partial charge < -0.3 is 19.8 Å². The van der Waals surface area contributed by atoms with Gasteiger partial charge in [0.1, 0.15) is 24.7 Å². The molecule has 1 saturated carbocycles. The third-order valence-electron chi connectivity index (χ3n) is 4.82. The molecular weight excluding hydrogens is 359 g/mol. The molecule has 5 nitrogen and oxygen atoms in total. The molecule has 0 saturated heterocycles. The Kier molecular flexibility index (Phi) is 3.50. The molecule has 0 atom stereocenters. The van der Waals surface area contributed by atoms with Crippen molar-refractivity contribution in [1.29, 1.82) is 0 Å². The minimum Gasteiger partial charge on any atom is -0.486 e. The largest absolute Gasteiger partial charge is 0.486 e. The van der Waals surface area contributed by atoms with Gasteiger partial charge in [-0.25, -0.2) is 4.98 Å². The van der Waals surface area contributed by atoms with E-state index in [2.05, 4.69) is 15.3 Å². The number of para-hydroxylation sites is 1. The molecule has 0 spiro atoms. The summed E-state index contributed by atoms with van der Waals surface area (Å²) in [5, 5.41) is 3.35. The third kappa shape index (κ3) is 2.85. The number of rotatable bonds is 3. The third-order valence-corrected chi connectivity index (χ3v) is 4.82. The highest BCUT2D eigenvalue weighted by Gasteiger charge is 2.37. The Hall–Kier alpha value is -2.90. The Morgan fingerprint density at radius 1 is 1.15 bits per heavy atom. The first-order valence-electron chi connectivity index (χ1n) is 8.75. The van der Waals surface area contributed by atoms with E-state index in [0.717, 1.165) is 19.0 Å². The first kappa shape index (κ1) is 16.3. The topological polar surface area (TPSA) is 59.2 Å². The molecule has 0 bridgehead atoms. The second-order valence-electron chi connectivity index (χ2n) is 6.75. The van der Waals surface area contributed by atoms with Crippen LogP contribution in [0.1, 0.15) is 29.9 Å². The van der Waals surface area contributed by atoms with E-state index in [1.165, 1.54) is 0 Å². The standard InChI is InChI=1S/C19H16F3N3O2/c20-19(21,22)12-9-23-18-16(12)11(10-4-5-10)8-15(25-18)24-13-2-1-3-14-17(13)27-7-6-26-14/h1-3,8-10H,4-7H2,(H2,23,24,25). The number of nitrogens with one attached hydrogen (secondary N) is 2. The summed E-state index contributed by atoms with van der Waals surface area (Å²) in [6.07, 6.45) is -1.64. The number of alkyl halides is 3. The summed E-state index contributed by atoms with van der Waals surface area (Å²) >= 11 is 0. The van der Waals surface area contributed by atoms with Crippen LogP contribution >= 0.6 is 0 Å². The average molecular weight is 375 g/mol. The molecule has 3 heterocycles. The Bertz CT molecular complexity index is 1020. The Labute approximate surface area is 152 Å². The molecule has 0 radical (unpaired) electrons. The summed E-state index contributed by atoms with van der Waals surface area (Å²) in [6, 6.07) is 7.18. The lowest BCUT2D eigenvalue weighted by Gasteiger charge is -2.21. The normalized spacial score (nSPS) is 16.6. The number of hydrogen-bond donors (Lipinski definition) is 2. The van der Waals surface area contributed by atoms with Crippen LogP contribution in [-0.2, 0) is 6.18 Å². The van der Waals surface area contributed by atoms with Crippen LogP contribution in [-0.4, -0.2) is 23.2 Å². The summed E-state index contributed by atoms with van der Waals surface area (Å²) < 4.78 is 51.3. The number of aromatic nitrogens is 2. The SMILES string of the molecule is FC(F)(F)c1c[nH]c2nc(Nc3cccc4c3OCCO4)cc(C3CC3)c12. The zero-order chi connectivity index (χ0) is 18.6. The minimum absolute atomic E-state index is 0.136. The summed E-state index contributed by atoms with van der Waals surface area (Å²) in [7, 11) is 0. The van der Waals surface area contributed by atoms with Gasteiger partial charge in [-0.2, -0.15) is 13.2 Å². The number of H-pyrrole nitrogens is 1. The van der Waals surface area contributed by atoms with Gasteiger partial charge in [0, 0.05) is 11.6 Å². The van der Waals surface area contributed by atoms with Crippen molar-refractivity contribution in [3.05, 3.63) is 41.6 Å². The molecular formula is C19H16F3N3O2. The monoisotopic (exact) mass is 375 g/mol.